The molecule has 14 heavy (non-hydrogen) atoms. The minimum atomic E-state index is 0.531. The lowest BCUT2D eigenvalue weighted by molar-refractivity contribution is 0.244. The van der Waals surface area contributed by atoms with Crippen molar-refractivity contribution >= 4 is 17.2 Å². The lowest BCUT2D eigenvalue weighted by Crippen LogP contribution is -2.38. The van der Waals surface area contributed by atoms with Crippen molar-refractivity contribution in [3.8, 4) is 0 Å². The summed E-state index contributed by atoms with van der Waals surface area (Å²) in [7, 11) is 0. The fourth-order valence-electron chi connectivity index (χ4n) is 1.42. The molecule has 2 N–H and O–H groups in total. The molecule has 0 aliphatic heterocycles. The topological polar surface area (TPSA) is 29.3 Å². The lowest BCUT2D eigenvalue weighted by atomic mass is 10.1. The molecule has 2 nitrogen and oxygen atoms in total. The molecule has 0 atom stereocenters. The van der Waals surface area contributed by atoms with Crippen LogP contribution in [-0.2, 0) is 0 Å². The first-order valence-electron chi connectivity index (χ1n) is 5.45. The zero-order valence-electron chi connectivity index (χ0n) is 9.92. The summed E-state index contributed by atoms with van der Waals surface area (Å²) in [5.74, 6) is 0.786. The van der Waals surface area contributed by atoms with Gasteiger partial charge in [0, 0.05) is 12.6 Å². The lowest BCUT2D eigenvalue weighted by Gasteiger charge is -2.26. The third kappa shape index (κ3) is 7.27. The first-order chi connectivity index (χ1) is 6.43. The van der Waals surface area contributed by atoms with Crippen molar-refractivity contribution in [3.63, 3.8) is 0 Å². The molecule has 0 aliphatic carbocycles. The quantitative estimate of drug-likeness (QED) is 0.663. The highest BCUT2D eigenvalue weighted by Crippen LogP contribution is 2.06. The van der Waals surface area contributed by atoms with E-state index in [1.54, 1.807) is 0 Å². The predicted molar refractivity (Wildman–Crippen MR) is 67.6 cm³/mol. The van der Waals surface area contributed by atoms with Gasteiger partial charge in [-0.15, -0.1) is 0 Å². The molecule has 0 heterocycles. The number of rotatable bonds is 7. The highest BCUT2D eigenvalue weighted by atomic mass is 32.1. The third-order valence-electron chi connectivity index (χ3n) is 2.32. The summed E-state index contributed by atoms with van der Waals surface area (Å²) < 4.78 is 0. The van der Waals surface area contributed by atoms with E-state index in [1.807, 2.05) is 0 Å². The Morgan fingerprint density at radius 2 is 1.86 bits per heavy atom. The Morgan fingerprint density at radius 1 is 1.29 bits per heavy atom. The van der Waals surface area contributed by atoms with E-state index in [-0.39, 0.29) is 0 Å². The maximum absolute atomic E-state index is 5.55. The molecule has 0 aromatic carbocycles. The number of nitrogens with two attached hydrogens (primary N) is 1. The largest absolute Gasteiger partial charge is 0.392 e. The Kier molecular flexibility index (Phi) is 7.11. The molecular formula is C11H24N2S. The summed E-state index contributed by atoms with van der Waals surface area (Å²) in [5.41, 5.74) is 5.55. The van der Waals surface area contributed by atoms with Crippen molar-refractivity contribution in [1.29, 1.82) is 0 Å². The highest BCUT2D eigenvalue weighted by molar-refractivity contribution is 7.80. The molecule has 3 heteroatoms. The van der Waals surface area contributed by atoms with Crippen LogP contribution < -0.4 is 5.73 Å². The van der Waals surface area contributed by atoms with E-state index in [9.17, 15) is 0 Å². The molecule has 0 aromatic rings. The average Bonchev–Trinajstić information content (AvgIpc) is 2.00. The third-order valence-corrected chi connectivity index (χ3v) is 2.45. The van der Waals surface area contributed by atoms with Crippen LogP contribution in [0, 0.1) is 5.92 Å². The summed E-state index contributed by atoms with van der Waals surface area (Å²) in [6.07, 6.45) is 2.51. The van der Waals surface area contributed by atoms with Crippen LogP contribution in [0.15, 0.2) is 0 Å². The smallest absolute Gasteiger partial charge is 0.0870 e. The average molecular weight is 216 g/mol. The zero-order valence-corrected chi connectivity index (χ0v) is 10.7. The molecule has 0 radical (unpaired) electrons. The van der Waals surface area contributed by atoms with Crippen molar-refractivity contribution in [2.24, 2.45) is 11.7 Å². The summed E-state index contributed by atoms with van der Waals surface area (Å²) in [5, 5.41) is 0. The van der Waals surface area contributed by atoms with Gasteiger partial charge in [0.2, 0.25) is 0 Å². The Bertz CT molecular complexity index is 167. The Morgan fingerprint density at radius 3 is 2.21 bits per heavy atom. The van der Waals surface area contributed by atoms with Crippen LogP contribution in [0.3, 0.4) is 0 Å². The Balaban J connectivity index is 3.79. The van der Waals surface area contributed by atoms with Gasteiger partial charge in [-0.3, -0.25) is 4.90 Å². The SMILES string of the molecule is CC(C)CCCN(CC(N)=S)C(C)C. The maximum Gasteiger partial charge on any atom is 0.0870 e. The van der Waals surface area contributed by atoms with Gasteiger partial charge >= 0.3 is 0 Å². The van der Waals surface area contributed by atoms with Gasteiger partial charge in [-0.1, -0.05) is 26.1 Å². The van der Waals surface area contributed by atoms with E-state index >= 15 is 0 Å². The van der Waals surface area contributed by atoms with Crippen LogP contribution in [0.25, 0.3) is 0 Å². The molecule has 0 amide bonds. The van der Waals surface area contributed by atoms with Crippen molar-refractivity contribution in [1.82, 2.24) is 4.90 Å². The van der Waals surface area contributed by atoms with E-state index in [2.05, 4.69) is 32.6 Å². The van der Waals surface area contributed by atoms with Gasteiger partial charge in [0.05, 0.1) is 4.99 Å². The molecular weight excluding hydrogens is 192 g/mol. The number of thiocarbonyl (C=S) groups is 1. The second kappa shape index (κ2) is 7.18. The molecule has 0 bridgehead atoms. The van der Waals surface area contributed by atoms with Crippen LogP contribution in [-0.4, -0.2) is 29.0 Å². The van der Waals surface area contributed by atoms with Crippen LogP contribution in [0.2, 0.25) is 0 Å². The Labute approximate surface area is 93.8 Å². The van der Waals surface area contributed by atoms with Gasteiger partial charge < -0.3 is 5.73 Å². The standard InChI is InChI=1S/C11H24N2S/c1-9(2)6-5-7-13(10(3)4)8-11(12)14/h9-10H,5-8H2,1-4H3,(H2,12,14). The van der Waals surface area contributed by atoms with Gasteiger partial charge in [-0.05, 0) is 39.2 Å². The van der Waals surface area contributed by atoms with Crippen molar-refractivity contribution in [3.05, 3.63) is 0 Å². The van der Waals surface area contributed by atoms with E-state index in [4.69, 9.17) is 18.0 Å². The van der Waals surface area contributed by atoms with E-state index in [0.29, 0.717) is 11.0 Å². The molecule has 0 saturated heterocycles. The normalized spacial score (nSPS) is 11.6. The molecule has 0 unspecified atom stereocenters. The fourth-order valence-corrected chi connectivity index (χ4v) is 1.59. The fraction of sp³-hybridized carbons (Fsp3) is 0.909. The molecule has 0 fully saturated rings. The first-order valence-corrected chi connectivity index (χ1v) is 5.86. The molecule has 0 rings (SSSR count). The number of nitrogens with zero attached hydrogens (tertiary/aromatic N) is 1. The van der Waals surface area contributed by atoms with Crippen molar-refractivity contribution in [2.75, 3.05) is 13.1 Å². The van der Waals surface area contributed by atoms with Gasteiger partial charge in [-0.25, -0.2) is 0 Å². The molecule has 84 valence electrons. The van der Waals surface area contributed by atoms with Crippen LogP contribution >= 0.6 is 12.2 Å². The minimum Gasteiger partial charge on any atom is -0.392 e. The van der Waals surface area contributed by atoms with Crippen LogP contribution in [0.4, 0.5) is 0 Å². The van der Waals surface area contributed by atoms with Crippen molar-refractivity contribution < 1.29 is 0 Å². The molecule has 0 spiro atoms. The van der Waals surface area contributed by atoms with Crippen LogP contribution in [0.1, 0.15) is 40.5 Å². The van der Waals surface area contributed by atoms with Gasteiger partial charge in [0.1, 0.15) is 0 Å². The predicted octanol–water partition coefficient (Wildman–Crippen LogP) is 2.42. The van der Waals surface area contributed by atoms with E-state index in [1.165, 1.54) is 12.8 Å². The summed E-state index contributed by atoms with van der Waals surface area (Å²) in [6.45, 7) is 10.8. The Hall–Kier alpha value is -0.150. The molecule has 0 aromatic heterocycles. The molecule has 0 aliphatic rings. The monoisotopic (exact) mass is 216 g/mol. The van der Waals surface area contributed by atoms with Gasteiger partial charge in [-0.2, -0.15) is 0 Å². The van der Waals surface area contributed by atoms with Gasteiger partial charge in [0.15, 0.2) is 0 Å². The van der Waals surface area contributed by atoms with Gasteiger partial charge in [0.25, 0.3) is 0 Å². The second-order valence-electron chi connectivity index (χ2n) is 4.57. The zero-order chi connectivity index (χ0) is 11.1. The summed E-state index contributed by atoms with van der Waals surface area (Å²) in [6, 6.07) is 0.531. The minimum absolute atomic E-state index is 0.531. The second-order valence-corrected chi connectivity index (χ2v) is 5.09. The highest BCUT2D eigenvalue weighted by Gasteiger charge is 2.09. The number of hydrogen-bond donors (Lipinski definition) is 1. The summed E-state index contributed by atoms with van der Waals surface area (Å²) >= 11 is 4.93. The van der Waals surface area contributed by atoms with Crippen LogP contribution in [0.5, 0.6) is 0 Å². The van der Waals surface area contributed by atoms with E-state index < -0.39 is 0 Å². The van der Waals surface area contributed by atoms with E-state index in [0.717, 1.165) is 19.0 Å². The summed E-state index contributed by atoms with van der Waals surface area (Å²) in [4.78, 5) is 2.94. The molecule has 0 saturated carbocycles. The first kappa shape index (κ1) is 13.8. The maximum atomic E-state index is 5.55. The number of hydrogen-bond acceptors (Lipinski definition) is 2. The van der Waals surface area contributed by atoms with Crippen molar-refractivity contribution in [2.45, 2.75) is 46.6 Å².